The van der Waals surface area contributed by atoms with Gasteiger partial charge in [0.1, 0.15) is 5.56 Å². The zero-order valence-corrected chi connectivity index (χ0v) is 18.3. The van der Waals surface area contributed by atoms with E-state index in [9.17, 15) is 9.59 Å². The van der Waals surface area contributed by atoms with Crippen LogP contribution in [-0.4, -0.2) is 42.9 Å². The molecule has 164 valence electrons. The Morgan fingerprint density at radius 3 is 2.84 bits per heavy atom. The number of fused-ring (bicyclic) bond motifs is 1. The monoisotopic (exact) mass is 452 g/mol. The van der Waals surface area contributed by atoms with E-state index in [1.165, 1.54) is 6.20 Å². The third kappa shape index (κ3) is 4.47. The molecule has 0 bridgehead atoms. The molecule has 0 aliphatic rings. The Morgan fingerprint density at radius 2 is 2.09 bits per heavy atom. The van der Waals surface area contributed by atoms with Gasteiger partial charge in [0.25, 0.3) is 0 Å². The van der Waals surface area contributed by atoms with Gasteiger partial charge in [-0.15, -0.1) is 0 Å². The number of halogens is 1. The van der Waals surface area contributed by atoms with Crippen molar-refractivity contribution in [1.29, 1.82) is 0 Å². The van der Waals surface area contributed by atoms with Crippen molar-refractivity contribution in [2.45, 2.75) is 26.8 Å². The lowest BCUT2D eigenvalue weighted by atomic mass is 10.1. The number of aryl methyl sites for hydroxylation is 2. The third-order valence-corrected chi connectivity index (χ3v) is 5.16. The summed E-state index contributed by atoms with van der Waals surface area (Å²) in [5.41, 5.74) is 3.61. The molecule has 10 heteroatoms. The van der Waals surface area contributed by atoms with Gasteiger partial charge in [-0.1, -0.05) is 23.7 Å². The molecule has 0 fully saturated rings. The molecule has 4 rings (SSSR count). The summed E-state index contributed by atoms with van der Waals surface area (Å²) in [5.74, 6) is -0.614. The van der Waals surface area contributed by atoms with Gasteiger partial charge in [0.05, 0.1) is 29.2 Å². The predicted octanol–water partition coefficient (Wildman–Crippen LogP) is 3.76. The zero-order valence-electron chi connectivity index (χ0n) is 17.6. The second-order valence-electron chi connectivity index (χ2n) is 7.05. The summed E-state index contributed by atoms with van der Waals surface area (Å²) in [4.78, 5) is 28.8. The maximum atomic E-state index is 12.4. The Balaban J connectivity index is 1.52. The van der Waals surface area contributed by atoms with Crippen molar-refractivity contribution >= 4 is 34.8 Å². The molecule has 9 nitrogen and oxygen atoms in total. The number of ether oxygens (including phenoxy) is 1. The lowest BCUT2D eigenvalue weighted by Gasteiger charge is -2.09. The third-order valence-electron chi connectivity index (χ3n) is 4.79. The second kappa shape index (κ2) is 9.19. The molecule has 3 heterocycles. The van der Waals surface area contributed by atoms with Crippen LogP contribution in [0.4, 0.5) is 5.69 Å². The van der Waals surface area contributed by atoms with Gasteiger partial charge in [-0.2, -0.15) is 10.2 Å². The molecule has 0 spiro atoms. The van der Waals surface area contributed by atoms with E-state index < -0.39 is 5.97 Å². The molecule has 1 amide bonds. The van der Waals surface area contributed by atoms with E-state index >= 15 is 0 Å². The highest BCUT2D eigenvalue weighted by Gasteiger charge is 2.17. The summed E-state index contributed by atoms with van der Waals surface area (Å²) < 4.78 is 8.31. The average molecular weight is 453 g/mol. The Bertz CT molecular complexity index is 1280. The molecule has 1 aromatic carbocycles. The Morgan fingerprint density at radius 1 is 1.25 bits per heavy atom. The Labute approximate surface area is 189 Å². The molecule has 0 unspecified atom stereocenters. The smallest absolute Gasteiger partial charge is 0.343 e. The second-order valence-corrected chi connectivity index (χ2v) is 7.46. The number of nitrogens with one attached hydrogen (secondary N) is 1. The van der Waals surface area contributed by atoms with E-state index in [4.69, 9.17) is 16.3 Å². The largest absolute Gasteiger partial charge is 0.462 e. The molecule has 0 saturated carbocycles. The fourth-order valence-corrected chi connectivity index (χ4v) is 3.42. The van der Waals surface area contributed by atoms with Crippen molar-refractivity contribution in [3.8, 4) is 11.3 Å². The van der Waals surface area contributed by atoms with Gasteiger partial charge in [-0.25, -0.2) is 14.3 Å². The first-order valence-corrected chi connectivity index (χ1v) is 10.4. The van der Waals surface area contributed by atoms with Gasteiger partial charge in [-0.3, -0.25) is 9.48 Å². The van der Waals surface area contributed by atoms with Crippen LogP contribution in [0.5, 0.6) is 0 Å². The molecular formula is C22H21ClN6O3. The molecule has 0 aliphatic carbocycles. The van der Waals surface area contributed by atoms with E-state index in [2.05, 4.69) is 20.5 Å². The highest BCUT2D eigenvalue weighted by Crippen LogP contribution is 2.24. The van der Waals surface area contributed by atoms with Crippen LogP contribution in [0, 0.1) is 6.92 Å². The van der Waals surface area contributed by atoms with Crippen LogP contribution < -0.4 is 5.32 Å². The minimum Gasteiger partial charge on any atom is -0.462 e. The minimum absolute atomic E-state index is 0.144. The number of amides is 1. The van der Waals surface area contributed by atoms with Crippen LogP contribution in [0.1, 0.15) is 29.4 Å². The maximum absolute atomic E-state index is 12.4. The Kier molecular flexibility index (Phi) is 6.18. The normalized spacial score (nSPS) is 11.0. The number of anilines is 1. The molecule has 4 aromatic rings. The van der Waals surface area contributed by atoms with Gasteiger partial charge in [0, 0.05) is 36.6 Å². The van der Waals surface area contributed by atoms with Crippen molar-refractivity contribution < 1.29 is 14.3 Å². The first-order chi connectivity index (χ1) is 15.5. The molecule has 0 saturated heterocycles. The van der Waals surface area contributed by atoms with Gasteiger partial charge < -0.3 is 10.1 Å². The van der Waals surface area contributed by atoms with Crippen LogP contribution in [0.2, 0.25) is 5.02 Å². The van der Waals surface area contributed by atoms with Crippen LogP contribution in [0.15, 0.2) is 48.9 Å². The van der Waals surface area contributed by atoms with E-state index in [-0.39, 0.29) is 18.9 Å². The first-order valence-electron chi connectivity index (χ1n) is 10.1. The fourth-order valence-electron chi connectivity index (χ4n) is 3.27. The molecule has 32 heavy (non-hydrogen) atoms. The van der Waals surface area contributed by atoms with Crippen LogP contribution in [0.25, 0.3) is 16.9 Å². The highest BCUT2D eigenvalue weighted by molar-refractivity contribution is 6.31. The summed E-state index contributed by atoms with van der Waals surface area (Å²) in [6.07, 6.45) is 5.01. The predicted molar refractivity (Wildman–Crippen MR) is 120 cm³/mol. The fraction of sp³-hybridized carbons (Fsp3) is 0.227. The summed E-state index contributed by atoms with van der Waals surface area (Å²) in [6.45, 7) is 4.25. The number of rotatable bonds is 7. The van der Waals surface area contributed by atoms with Crippen LogP contribution in [0.3, 0.4) is 0 Å². The summed E-state index contributed by atoms with van der Waals surface area (Å²) in [7, 11) is 0. The first kappa shape index (κ1) is 21.5. The number of hydrogen-bond donors (Lipinski definition) is 1. The van der Waals surface area contributed by atoms with Crippen LogP contribution >= 0.6 is 11.6 Å². The maximum Gasteiger partial charge on any atom is 0.343 e. The quantitative estimate of drug-likeness (QED) is 0.428. The minimum atomic E-state index is -0.471. The molecule has 3 aromatic heterocycles. The Hall–Kier alpha value is -3.72. The molecular weight excluding hydrogens is 432 g/mol. The average Bonchev–Trinajstić information content (AvgIpc) is 3.35. The van der Waals surface area contributed by atoms with Gasteiger partial charge in [0.15, 0.2) is 5.65 Å². The van der Waals surface area contributed by atoms with Crippen molar-refractivity contribution in [2.75, 3.05) is 11.9 Å². The SMILES string of the molecule is CCOC(=O)c1cnn2c(-c3cccc(NC(=O)CCn4cc(Cl)c(C)n4)c3)ccnc12. The van der Waals surface area contributed by atoms with Gasteiger partial charge in [-0.05, 0) is 32.0 Å². The van der Waals surface area contributed by atoms with Gasteiger partial charge >= 0.3 is 5.97 Å². The number of aromatic nitrogens is 5. The number of esters is 1. The topological polar surface area (TPSA) is 103 Å². The number of carbonyl (C=O) groups excluding carboxylic acids is 2. The van der Waals surface area contributed by atoms with Crippen molar-refractivity contribution in [1.82, 2.24) is 24.4 Å². The lowest BCUT2D eigenvalue weighted by Crippen LogP contribution is -2.14. The summed E-state index contributed by atoms with van der Waals surface area (Å²) >= 11 is 6.00. The molecule has 0 atom stereocenters. The van der Waals surface area contributed by atoms with Gasteiger partial charge in [0.2, 0.25) is 5.91 Å². The summed E-state index contributed by atoms with van der Waals surface area (Å²) in [6, 6.07) is 9.17. The number of nitrogens with zero attached hydrogens (tertiary/aromatic N) is 5. The van der Waals surface area contributed by atoms with Crippen molar-refractivity contribution in [3.63, 3.8) is 0 Å². The standard InChI is InChI=1S/C22H21ClN6O3/c1-3-32-22(31)17-12-25-29-19(7-9-24-21(17)29)15-5-4-6-16(11-15)26-20(30)8-10-28-13-18(23)14(2)27-28/h4-7,9,11-13H,3,8,10H2,1-2H3,(H,26,30). The number of carbonyl (C=O) groups is 2. The number of benzene rings is 1. The molecule has 1 N–H and O–H groups in total. The molecule has 0 aliphatic heterocycles. The van der Waals surface area contributed by atoms with E-state index in [0.717, 1.165) is 17.0 Å². The van der Waals surface area contributed by atoms with Crippen LogP contribution in [-0.2, 0) is 16.1 Å². The summed E-state index contributed by atoms with van der Waals surface area (Å²) in [5, 5.41) is 12.0. The van der Waals surface area contributed by atoms with E-state index in [1.807, 2.05) is 31.2 Å². The van der Waals surface area contributed by atoms with Crippen molar-refractivity contribution in [2.24, 2.45) is 0 Å². The zero-order chi connectivity index (χ0) is 22.7. The van der Waals surface area contributed by atoms with E-state index in [0.29, 0.717) is 28.5 Å². The molecule has 0 radical (unpaired) electrons. The van der Waals surface area contributed by atoms with Crippen molar-refractivity contribution in [3.05, 3.63) is 65.2 Å². The number of hydrogen-bond acceptors (Lipinski definition) is 6. The highest BCUT2D eigenvalue weighted by atomic mass is 35.5. The van der Waals surface area contributed by atoms with E-state index in [1.54, 1.807) is 34.6 Å². The lowest BCUT2D eigenvalue weighted by molar-refractivity contribution is -0.116.